The Bertz CT molecular complexity index is 421. The van der Waals surface area contributed by atoms with Crippen LogP contribution in [-0.4, -0.2) is 30.1 Å². The third-order valence-corrected chi connectivity index (χ3v) is 4.46. The fraction of sp³-hybridized carbons (Fsp3) is 0.647. The highest BCUT2D eigenvalue weighted by Gasteiger charge is 2.33. The topological polar surface area (TPSA) is 38.5 Å². The first-order valence-electron chi connectivity index (χ1n) is 7.92. The lowest BCUT2D eigenvalue weighted by molar-refractivity contribution is 0.0644. The molecule has 0 saturated carbocycles. The van der Waals surface area contributed by atoms with Gasteiger partial charge >= 0.3 is 0 Å². The number of rotatable bonds is 6. The highest BCUT2D eigenvalue weighted by Crippen LogP contribution is 2.33. The Morgan fingerprint density at radius 3 is 2.80 bits per heavy atom. The lowest BCUT2D eigenvalue weighted by Gasteiger charge is -2.42. The maximum atomic E-state index is 6.53. The lowest BCUT2D eigenvalue weighted by atomic mass is 9.94. The van der Waals surface area contributed by atoms with Gasteiger partial charge in [-0.05, 0) is 32.4 Å². The van der Waals surface area contributed by atoms with Gasteiger partial charge in [0, 0.05) is 11.6 Å². The first-order valence-corrected chi connectivity index (χ1v) is 7.92. The minimum atomic E-state index is 0.0470. The van der Waals surface area contributed by atoms with Crippen LogP contribution in [0.15, 0.2) is 24.3 Å². The predicted octanol–water partition coefficient (Wildman–Crippen LogP) is 3.35. The van der Waals surface area contributed by atoms with Crippen LogP contribution in [0.1, 0.15) is 51.6 Å². The van der Waals surface area contributed by atoms with E-state index in [1.807, 2.05) is 18.2 Å². The molecule has 2 rings (SSSR count). The van der Waals surface area contributed by atoms with E-state index in [0.717, 1.165) is 24.3 Å². The summed E-state index contributed by atoms with van der Waals surface area (Å²) in [5, 5.41) is 0. The van der Waals surface area contributed by atoms with E-state index in [9.17, 15) is 0 Å². The molecule has 0 amide bonds. The molecule has 1 heterocycles. The average Bonchev–Trinajstić information content (AvgIpc) is 2.49. The summed E-state index contributed by atoms with van der Waals surface area (Å²) in [5.41, 5.74) is 7.68. The van der Waals surface area contributed by atoms with Gasteiger partial charge in [0.05, 0.1) is 12.1 Å². The van der Waals surface area contributed by atoms with Crippen molar-refractivity contribution < 1.29 is 4.74 Å². The average molecular weight is 276 g/mol. The van der Waals surface area contributed by atoms with Crippen LogP contribution in [0, 0.1) is 0 Å². The maximum absolute atomic E-state index is 6.53. The van der Waals surface area contributed by atoms with E-state index < -0.39 is 0 Å². The molecule has 0 saturated heterocycles. The summed E-state index contributed by atoms with van der Waals surface area (Å²) in [6, 6.07) is 9.05. The summed E-state index contributed by atoms with van der Waals surface area (Å²) in [6.45, 7) is 8.58. The van der Waals surface area contributed by atoms with Crippen molar-refractivity contribution in [1.29, 1.82) is 0 Å². The van der Waals surface area contributed by atoms with E-state index in [2.05, 4.69) is 31.7 Å². The Kier molecular flexibility index (Phi) is 5.44. The number of fused-ring (bicyclic) bond motifs is 1. The molecule has 1 aliphatic rings. The summed E-state index contributed by atoms with van der Waals surface area (Å²) in [6.07, 6.45) is 3.58. The third kappa shape index (κ3) is 3.15. The second-order valence-electron chi connectivity index (χ2n) is 5.79. The van der Waals surface area contributed by atoms with Crippen LogP contribution in [0.5, 0.6) is 5.75 Å². The Morgan fingerprint density at radius 1 is 1.35 bits per heavy atom. The van der Waals surface area contributed by atoms with Crippen molar-refractivity contribution >= 4 is 0 Å². The van der Waals surface area contributed by atoms with Gasteiger partial charge in [0.25, 0.3) is 0 Å². The Balaban J connectivity index is 2.18. The number of hydrogen-bond acceptors (Lipinski definition) is 3. The van der Waals surface area contributed by atoms with Crippen molar-refractivity contribution in [2.75, 3.05) is 13.2 Å². The van der Waals surface area contributed by atoms with E-state index in [1.165, 1.54) is 12.8 Å². The number of hydrogen-bond donors (Lipinski definition) is 1. The molecule has 1 aromatic rings. The van der Waals surface area contributed by atoms with Gasteiger partial charge in [-0.2, -0.15) is 0 Å². The Hall–Kier alpha value is -1.06. The van der Waals surface area contributed by atoms with Crippen molar-refractivity contribution in [3.05, 3.63) is 29.8 Å². The summed E-state index contributed by atoms with van der Waals surface area (Å²) in [4.78, 5) is 2.55. The van der Waals surface area contributed by atoms with E-state index >= 15 is 0 Å². The second-order valence-corrected chi connectivity index (χ2v) is 5.79. The summed E-state index contributed by atoms with van der Waals surface area (Å²) in [7, 11) is 0. The first-order chi connectivity index (χ1) is 9.69. The third-order valence-electron chi connectivity index (χ3n) is 4.46. The molecule has 0 aliphatic carbocycles. The first kappa shape index (κ1) is 15.3. The Morgan fingerprint density at radius 2 is 2.10 bits per heavy atom. The molecular weight excluding hydrogens is 248 g/mol. The monoisotopic (exact) mass is 276 g/mol. The van der Waals surface area contributed by atoms with E-state index in [0.29, 0.717) is 12.6 Å². The maximum Gasteiger partial charge on any atom is 0.124 e. The van der Waals surface area contributed by atoms with E-state index in [4.69, 9.17) is 10.5 Å². The molecular formula is C17H28N2O. The number of unbranched alkanes of at least 4 members (excludes halogenated alkanes) is 1. The number of nitrogens with two attached hydrogens (primary N) is 1. The lowest BCUT2D eigenvalue weighted by Crippen LogP contribution is -2.52. The van der Waals surface area contributed by atoms with Crippen molar-refractivity contribution in [1.82, 2.24) is 4.90 Å². The molecule has 3 nitrogen and oxygen atoms in total. The van der Waals surface area contributed by atoms with Gasteiger partial charge in [-0.15, -0.1) is 0 Å². The van der Waals surface area contributed by atoms with Crippen molar-refractivity contribution in [2.45, 2.75) is 58.2 Å². The molecule has 3 atom stereocenters. The molecule has 1 aromatic carbocycles. The van der Waals surface area contributed by atoms with Crippen molar-refractivity contribution in [3.63, 3.8) is 0 Å². The molecule has 2 N–H and O–H groups in total. The van der Waals surface area contributed by atoms with Gasteiger partial charge in [-0.1, -0.05) is 38.5 Å². The van der Waals surface area contributed by atoms with Gasteiger partial charge in [-0.25, -0.2) is 0 Å². The SMILES string of the molecule is CCCCN(C(C)CC)C1COc2ccccc2C1N. The van der Waals surface area contributed by atoms with Gasteiger partial charge in [0.15, 0.2) is 0 Å². The fourth-order valence-electron chi connectivity index (χ4n) is 2.96. The predicted molar refractivity (Wildman–Crippen MR) is 84.0 cm³/mol. The van der Waals surface area contributed by atoms with Crippen LogP contribution in [0.3, 0.4) is 0 Å². The number of nitrogens with zero attached hydrogens (tertiary/aromatic N) is 1. The summed E-state index contributed by atoms with van der Waals surface area (Å²) >= 11 is 0. The summed E-state index contributed by atoms with van der Waals surface area (Å²) in [5.74, 6) is 0.954. The quantitative estimate of drug-likeness (QED) is 0.866. The van der Waals surface area contributed by atoms with Crippen molar-refractivity contribution in [3.8, 4) is 5.75 Å². The molecule has 0 bridgehead atoms. The van der Waals surface area contributed by atoms with Crippen LogP contribution < -0.4 is 10.5 Å². The number of para-hydroxylation sites is 1. The fourth-order valence-corrected chi connectivity index (χ4v) is 2.96. The minimum Gasteiger partial charge on any atom is -0.492 e. The van der Waals surface area contributed by atoms with Gasteiger partial charge in [0.2, 0.25) is 0 Å². The zero-order valence-corrected chi connectivity index (χ0v) is 13.0. The molecule has 3 heteroatoms. The zero-order valence-electron chi connectivity index (χ0n) is 13.0. The number of ether oxygens (including phenoxy) is 1. The number of benzene rings is 1. The van der Waals surface area contributed by atoms with Crippen LogP contribution in [0.4, 0.5) is 0 Å². The summed E-state index contributed by atoms with van der Waals surface area (Å²) < 4.78 is 5.94. The smallest absolute Gasteiger partial charge is 0.124 e. The largest absolute Gasteiger partial charge is 0.492 e. The van der Waals surface area contributed by atoms with Crippen LogP contribution >= 0.6 is 0 Å². The molecule has 3 unspecified atom stereocenters. The molecule has 0 aromatic heterocycles. The van der Waals surface area contributed by atoms with Gasteiger partial charge in [0.1, 0.15) is 12.4 Å². The molecule has 0 radical (unpaired) electrons. The van der Waals surface area contributed by atoms with E-state index in [-0.39, 0.29) is 12.1 Å². The molecule has 0 spiro atoms. The second kappa shape index (κ2) is 7.09. The van der Waals surface area contributed by atoms with E-state index in [1.54, 1.807) is 0 Å². The standard InChI is InChI=1S/C17H28N2O/c1-4-6-11-19(13(3)5-2)15-12-20-16-10-8-7-9-14(16)17(15)18/h7-10,13,15,17H,4-6,11-12,18H2,1-3H3. The normalized spacial score (nSPS) is 23.2. The minimum absolute atomic E-state index is 0.0470. The Labute approximate surface area is 123 Å². The van der Waals surface area contributed by atoms with Gasteiger partial charge < -0.3 is 10.5 Å². The highest BCUT2D eigenvalue weighted by molar-refractivity contribution is 5.38. The zero-order chi connectivity index (χ0) is 14.5. The van der Waals surface area contributed by atoms with Crippen LogP contribution in [0.2, 0.25) is 0 Å². The van der Waals surface area contributed by atoms with Crippen LogP contribution in [-0.2, 0) is 0 Å². The van der Waals surface area contributed by atoms with Crippen LogP contribution in [0.25, 0.3) is 0 Å². The highest BCUT2D eigenvalue weighted by atomic mass is 16.5. The molecule has 112 valence electrons. The van der Waals surface area contributed by atoms with Gasteiger partial charge in [-0.3, -0.25) is 4.90 Å². The molecule has 20 heavy (non-hydrogen) atoms. The molecule has 0 fully saturated rings. The molecule has 1 aliphatic heterocycles. The van der Waals surface area contributed by atoms with Crippen molar-refractivity contribution in [2.24, 2.45) is 5.73 Å².